The zero-order valence-electron chi connectivity index (χ0n) is 18.9. The molecule has 1 aliphatic heterocycles. The molecule has 0 radical (unpaired) electrons. The smallest absolute Gasteiger partial charge is 0.356 e. The van der Waals surface area contributed by atoms with Gasteiger partial charge in [0.05, 0.1) is 11.6 Å². The molecule has 2 heterocycles. The van der Waals surface area contributed by atoms with E-state index in [1.807, 2.05) is 6.07 Å². The summed E-state index contributed by atoms with van der Waals surface area (Å²) in [6.07, 6.45) is -0.818. The molecule has 11 heteroatoms. The summed E-state index contributed by atoms with van der Waals surface area (Å²) in [5.74, 6) is -1.55. The number of halogens is 3. The third-order valence-corrected chi connectivity index (χ3v) is 6.49. The minimum absolute atomic E-state index is 0.0963. The lowest BCUT2D eigenvalue weighted by Gasteiger charge is -2.25. The van der Waals surface area contributed by atoms with Gasteiger partial charge in [-0.2, -0.15) is 18.4 Å². The summed E-state index contributed by atoms with van der Waals surface area (Å²) in [5.41, 5.74) is -0.800. The van der Waals surface area contributed by atoms with Crippen LogP contribution in [0.5, 0.6) is 0 Å². The van der Waals surface area contributed by atoms with Crippen LogP contribution in [0.25, 0.3) is 10.9 Å². The van der Waals surface area contributed by atoms with E-state index < -0.39 is 35.6 Å². The van der Waals surface area contributed by atoms with E-state index >= 15 is 0 Å². The summed E-state index contributed by atoms with van der Waals surface area (Å²) >= 11 is 0. The number of aromatic nitrogens is 1. The van der Waals surface area contributed by atoms with Crippen LogP contribution >= 0.6 is 0 Å². The second kappa shape index (κ2) is 9.98. The molecule has 2 unspecified atom stereocenters. The lowest BCUT2D eigenvalue weighted by atomic mass is 9.92. The van der Waals surface area contributed by atoms with E-state index in [0.29, 0.717) is 19.4 Å². The van der Waals surface area contributed by atoms with Crippen molar-refractivity contribution in [1.82, 2.24) is 20.9 Å². The molecule has 2 aliphatic rings. The van der Waals surface area contributed by atoms with Crippen LogP contribution in [0.15, 0.2) is 24.3 Å². The zero-order valence-corrected chi connectivity index (χ0v) is 18.9. The van der Waals surface area contributed by atoms with Crippen LogP contribution in [0, 0.1) is 23.2 Å². The molecule has 8 nitrogen and oxygen atoms in total. The van der Waals surface area contributed by atoms with Crippen molar-refractivity contribution in [2.75, 3.05) is 6.54 Å². The Labute approximate surface area is 199 Å². The highest BCUT2D eigenvalue weighted by atomic mass is 19.4. The molecule has 2 aromatic rings. The number of aromatic amines is 1. The average Bonchev–Trinajstić information content (AvgIpc) is 3.52. The lowest BCUT2D eigenvalue weighted by molar-refractivity contribution is -0.136. The SMILES string of the molecule is N#CC(C[C@@H]1CCCNC1=O)NC(=O)C(CC1CC1)NC(=O)c1cc2c(C(F)(F)F)cccc2[nH]1. The Hall–Kier alpha value is -3.55. The van der Waals surface area contributed by atoms with Crippen LogP contribution < -0.4 is 16.0 Å². The molecular formula is C24H26F3N5O3. The maximum Gasteiger partial charge on any atom is 0.417 e. The molecular weight excluding hydrogens is 463 g/mol. The second-order valence-electron chi connectivity index (χ2n) is 9.21. The first kappa shape index (κ1) is 24.6. The van der Waals surface area contributed by atoms with Crippen molar-refractivity contribution in [3.05, 3.63) is 35.5 Å². The fourth-order valence-corrected chi connectivity index (χ4v) is 4.44. The van der Waals surface area contributed by atoms with Crippen molar-refractivity contribution < 1.29 is 27.6 Å². The fourth-order valence-electron chi connectivity index (χ4n) is 4.44. The van der Waals surface area contributed by atoms with Crippen molar-refractivity contribution in [2.45, 2.75) is 56.8 Å². The molecule has 1 saturated heterocycles. The highest BCUT2D eigenvalue weighted by Crippen LogP contribution is 2.35. The Morgan fingerprint density at radius 1 is 1.17 bits per heavy atom. The maximum atomic E-state index is 13.3. The molecule has 0 spiro atoms. The number of hydrogen-bond donors (Lipinski definition) is 4. The quantitative estimate of drug-likeness (QED) is 0.455. The molecule has 3 amide bonds. The van der Waals surface area contributed by atoms with Gasteiger partial charge < -0.3 is 20.9 Å². The van der Waals surface area contributed by atoms with Crippen molar-refractivity contribution in [1.29, 1.82) is 5.26 Å². The van der Waals surface area contributed by atoms with Gasteiger partial charge in [0.1, 0.15) is 17.8 Å². The van der Waals surface area contributed by atoms with Gasteiger partial charge in [-0.15, -0.1) is 0 Å². The Morgan fingerprint density at radius 2 is 1.94 bits per heavy atom. The van der Waals surface area contributed by atoms with Crippen LogP contribution in [0.2, 0.25) is 0 Å². The minimum Gasteiger partial charge on any atom is -0.356 e. The summed E-state index contributed by atoms with van der Waals surface area (Å²) in [6.45, 7) is 0.590. The van der Waals surface area contributed by atoms with Crippen LogP contribution in [-0.4, -0.2) is 41.3 Å². The van der Waals surface area contributed by atoms with Crippen LogP contribution in [0.1, 0.15) is 54.6 Å². The van der Waals surface area contributed by atoms with E-state index in [2.05, 4.69) is 20.9 Å². The number of amides is 3. The summed E-state index contributed by atoms with van der Waals surface area (Å²) < 4.78 is 40.0. The monoisotopic (exact) mass is 489 g/mol. The van der Waals surface area contributed by atoms with Crippen LogP contribution in [0.4, 0.5) is 13.2 Å². The molecule has 35 heavy (non-hydrogen) atoms. The number of hydrogen-bond acceptors (Lipinski definition) is 4. The minimum atomic E-state index is -4.58. The van der Waals surface area contributed by atoms with Gasteiger partial charge in [0, 0.05) is 23.4 Å². The fraction of sp³-hybridized carbons (Fsp3) is 0.500. The number of nitrogens with zero attached hydrogens (tertiary/aromatic N) is 1. The molecule has 1 aliphatic carbocycles. The van der Waals surface area contributed by atoms with E-state index in [0.717, 1.165) is 31.4 Å². The summed E-state index contributed by atoms with van der Waals surface area (Å²) in [4.78, 5) is 40.6. The number of rotatable bonds is 8. The Balaban J connectivity index is 1.46. The molecule has 4 N–H and O–H groups in total. The molecule has 3 atom stereocenters. The maximum absolute atomic E-state index is 13.3. The molecule has 186 valence electrons. The van der Waals surface area contributed by atoms with E-state index in [9.17, 15) is 32.8 Å². The van der Waals surface area contributed by atoms with Gasteiger partial charge in [0.25, 0.3) is 5.91 Å². The third-order valence-electron chi connectivity index (χ3n) is 6.49. The number of carbonyl (C=O) groups excluding carboxylic acids is 3. The van der Waals surface area contributed by atoms with Gasteiger partial charge >= 0.3 is 6.18 Å². The Bertz CT molecular complexity index is 1170. The first-order chi connectivity index (χ1) is 16.7. The zero-order chi connectivity index (χ0) is 25.2. The largest absolute Gasteiger partial charge is 0.417 e. The number of nitriles is 1. The van der Waals surface area contributed by atoms with Gasteiger partial charge in [-0.05, 0) is 49.8 Å². The number of piperidine rings is 1. The van der Waals surface area contributed by atoms with E-state index in [4.69, 9.17) is 0 Å². The molecule has 2 fully saturated rings. The number of benzene rings is 1. The second-order valence-corrected chi connectivity index (χ2v) is 9.21. The van der Waals surface area contributed by atoms with Crippen LogP contribution in [-0.2, 0) is 15.8 Å². The van der Waals surface area contributed by atoms with Crippen molar-refractivity contribution in [2.24, 2.45) is 11.8 Å². The van der Waals surface area contributed by atoms with Gasteiger partial charge in [-0.1, -0.05) is 18.9 Å². The third kappa shape index (κ3) is 5.93. The number of alkyl halides is 3. The summed E-state index contributed by atoms with van der Waals surface area (Å²) in [7, 11) is 0. The number of nitrogens with one attached hydrogen (secondary N) is 4. The molecule has 0 bridgehead atoms. The number of H-pyrrole nitrogens is 1. The van der Waals surface area contributed by atoms with Crippen molar-refractivity contribution in [3.63, 3.8) is 0 Å². The van der Waals surface area contributed by atoms with Gasteiger partial charge in [-0.3, -0.25) is 14.4 Å². The normalized spacial score (nSPS) is 19.9. The van der Waals surface area contributed by atoms with E-state index in [-0.39, 0.29) is 40.8 Å². The topological polar surface area (TPSA) is 127 Å². The molecule has 4 rings (SSSR count). The molecule has 1 aromatic heterocycles. The Kier molecular flexibility index (Phi) is 7.00. The summed E-state index contributed by atoms with van der Waals surface area (Å²) in [5, 5.41) is 17.4. The molecule has 1 aromatic carbocycles. The molecule has 1 saturated carbocycles. The predicted molar refractivity (Wildman–Crippen MR) is 120 cm³/mol. The predicted octanol–water partition coefficient (Wildman–Crippen LogP) is 3.01. The first-order valence-electron chi connectivity index (χ1n) is 11.6. The lowest BCUT2D eigenvalue weighted by Crippen LogP contribution is -2.50. The van der Waals surface area contributed by atoms with Gasteiger partial charge in [0.2, 0.25) is 11.8 Å². The highest BCUT2D eigenvalue weighted by molar-refractivity contribution is 6.01. The van der Waals surface area contributed by atoms with E-state index in [1.165, 1.54) is 12.1 Å². The Morgan fingerprint density at radius 3 is 2.60 bits per heavy atom. The van der Waals surface area contributed by atoms with E-state index in [1.54, 1.807) is 0 Å². The van der Waals surface area contributed by atoms with Crippen molar-refractivity contribution >= 4 is 28.6 Å². The standard InChI is InChI=1S/C24H26F3N5O3/c25-24(26,27)17-4-1-5-18-16(17)11-20(31-18)23(35)32-19(9-13-6-7-13)22(34)30-15(12-28)10-14-3-2-8-29-21(14)33/h1,4-5,11,13-15,19,31H,2-3,6-10H2,(H,29,33)(H,30,34)(H,32,35)/t14-,15?,19?/m0/s1. The number of fused-ring (bicyclic) bond motifs is 1. The summed E-state index contributed by atoms with van der Waals surface area (Å²) in [6, 6.07) is 4.90. The van der Waals surface area contributed by atoms with Crippen molar-refractivity contribution in [3.8, 4) is 6.07 Å². The number of carbonyl (C=O) groups is 3. The average molecular weight is 489 g/mol. The van der Waals surface area contributed by atoms with Gasteiger partial charge in [0.15, 0.2) is 0 Å². The van der Waals surface area contributed by atoms with Crippen LogP contribution in [0.3, 0.4) is 0 Å². The van der Waals surface area contributed by atoms with Gasteiger partial charge in [-0.25, -0.2) is 0 Å². The first-order valence-corrected chi connectivity index (χ1v) is 11.6. The highest BCUT2D eigenvalue weighted by Gasteiger charge is 2.35.